The van der Waals surface area contributed by atoms with E-state index >= 15 is 0 Å². The average molecular weight is 352 g/mol. The normalized spacial score (nSPS) is 25.2. The summed E-state index contributed by atoms with van der Waals surface area (Å²) in [5, 5.41) is 10.7. The van der Waals surface area contributed by atoms with Crippen LogP contribution in [0.5, 0.6) is 11.5 Å². The van der Waals surface area contributed by atoms with Gasteiger partial charge in [0.05, 0.1) is 11.8 Å². The molecule has 2 aromatic rings. The topological polar surface area (TPSA) is 45.2 Å². The molecule has 0 saturated carbocycles. The minimum Gasteiger partial charge on any atom is -0.486 e. The Hall–Kier alpha value is -2.24. The molecule has 1 saturated heterocycles. The van der Waals surface area contributed by atoms with Gasteiger partial charge in [0.25, 0.3) is 0 Å². The van der Waals surface area contributed by atoms with Crippen LogP contribution in [-0.4, -0.2) is 55.4 Å². The maximum Gasteiger partial charge on any atom is 0.184 e. The van der Waals surface area contributed by atoms with Crippen LogP contribution in [0.2, 0.25) is 0 Å². The summed E-state index contributed by atoms with van der Waals surface area (Å²) in [4.78, 5) is 4.81. The Morgan fingerprint density at radius 1 is 0.885 bits per heavy atom. The summed E-state index contributed by atoms with van der Waals surface area (Å²) in [7, 11) is 0. The number of nitrogens with zero attached hydrogens (tertiary/aromatic N) is 2. The average Bonchev–Trinajstić information content (AvgIpc) is 3.05. The van der Waals surface area contributed by atoms with Gasteiger partial charge in [-0.3, -0.25) is 4.90 Å². The van der Waals surface area contributed by atoms with Crippen molar-refractivity contribution >= 4 is 5.69 Å². The monoisotopic (exact) mass is 352 g/mol. The molecule has 26 heavy (non-hydrogen) atoms. The SMILES string of the molecule is O[C@H]1c2ccccc2C[C@H]1N1CCN(c2cccc3c2OCCO3)CC1. The van der Waals surface area contributed by atoms with Crippen LogP contribution in [0.25, 0.3) is 0 Å². The number of anilines is 1. The number of ether oxygens (including phenoxy) is 2. The zero-order valence-electron chi connectivity index (χ0n) is 14.8. The first-order valence-electron chi connectivity index (χ1n) is 9.45. The van der Waals surface area contributed by atoms with Gasteiger partial charge in [0.2, 0.25) is 0 Å². The molecule has 5 heteroatoms. The van der Waals surface area contributed by atoms with Crippen LogP contribution in [0.15, 0.2) is 42.5 Å². The predicted molar refractivity (Wildman–Crippen MR) is 100 cm³/mol. The molecule has 2 atom stereocenters. The van der Waals surface area contributed by atoms with Crippen molar-refractivity contribution in [3.63, 3.8) is 0 Å². The Kier molecular flexibility index (Phi) is 3.98. The Bertz CT molecular complexity index is 802. The molecule has 1 aliphatic carbocycles. The molecule has 2 aromatic carbocycles. The summed E-state index contributed by atoms with van der Waals surface area (Å²) in [6.45, 7) is 4.97. The number of rotatable bonds is 2. The highest BCUT2D eigenvalue weighted by Crippen LogP contribution is 2.40. The second kappa shape index (κ2) is 6.49. The summed E-state index contributed by atoms with van der Waals surface area (Å²) in [6.07, 6.45) is 0.564. The van der Waals surface area contributed by atoms with Crippen LogP contribution < -0.4 is 14.4 Å². The standard InChI is InChI=1S/C21H24N2O3/c24-20-16-5-2-1-4-15(16)14-18(20)23-10-8-22(9-11-23)17-6-3-7-19-21(17)26-13-12-25-19/h1-7,18,20,24H,8-14H2/t18-,20+/m1/s1. The number of aliphatic hydroxyl groups excluding tert-OH is 1. The first kappa shape index (κ1) is 16.0. The molecule has 136 valence electrons. The first-order valence-corrected chi connectivity index (χ1v) is 9.45. The van der Waals surface area contributed by atoms with Gasteiger partial charge in [-0.25, -0.2) is 0 Å². The van der Waals surface area contributed by atoms with Crippen LogP contribution in [-0.2, 0) is 6.42 Å². The summed E-state index contributed by atoms with van der Waals surface area (Å²) in [5.41, 5.74) is 3.51. The van der Waals surface area contributed by atoms with E-state index in [1.54, 1.807) is 0 Å². The zero-order chi connectivity index (χ0) is 17.5. The Morgan fingerprint density at radius 3 is 2.54 bits per heavy atom. The lowest BCUT2D eigenvalue weighted by Crippen LogP contribution is -2.51. The molecule has 2 aliphatic heterocycles. The van der Waals surface area contributed by atoms with E-state index in [2.05, 4.69) is 34.1 Å². The van der Waals surface area contributed by atoms with Gasteiger partial charge in [0.15, 0.2) is 11.5 Å². The fraction of sp³-hybridized carbons (Fsp3) is 0.429. The third-order valence-electron chi connectivity index (χ3n) is 5.84. The molecular weight excluding hydrogens is 328 g/mol. The number of piperazine rings is 1. The highest BCUT2D eigenvalue weighted by molar-refractivity contribution is 5.65. The molecule has 2 heterocycles. The highest BCUT2D eigenvalue weighted by Gasteiger charge is 2.36. The second-order valence-electron chi connectivity index (χ2n) is 7.24. The molecule has 0 bridgehead atoms. The van der Waals surface area contributed by atoms with Gasteiger partial charge in [-0.2, -0.15) is 0 Å². The summed E-state index contributed by atoms with van der Waals surface area (Å²) in [6, 6.07) is 14.6. The van der Waals surface area contributed by atoms with Crippen LogP contribution in [0.4, 0.5) is 5.69 Å². The highest BCUT2D eigenvalue weighted by atomic mass is 16.6. The van der Waals surface area contributed by atoms with E-state index in [1.807, 2.05) is 18.2 Å². The van der Waals surface area contributed by atoms with Gasteiger partial charge >= 0.3 is 0 Å². The van der Waals surface area contributed by atoms with E-state index in [0.717, 1.165) is 55.3 Å². The molecule has 1 fully saturated rings. The molecule has 0 spiro atoms. The van der Waals surface area contributed by atoms with Crippen molar-refractivity contribution < 1.29 is 14.6 Å². The summed E-state index contributed by atoms with van der Waals surface area (Å²) in [5.74, 6) is 1.72. The minimum atomic E-state index is -0.376. The number of hydrogen-bond donors (Lipinski definition) is 1. The molecule has 3 aliphatic rings. The molecule has 5 rings (SSSR count). The maximum absolute atomic E-state index is 10.7. The number of aliphatic hydroxyl groups is 1. The van der Waals surface area contributed by atoms with Gasteiger partial charge in [0, 0.05) is 32.2 Å². The van der Waals surface area contributed by atoms with E-state index < -0.39 is 0 Å². The van der Waals surface area contributed by atoms with Crippen molar-refractivity contribution in [2.75, 3.05) is 44.3 Å². The molecule has 0 unspecified atom stereocenters. The van der Waals surface area contributed by atoms with Crippen molar-refractivity contribution in [3.05, 3.63) is 53.6 Å². The molecule has 0 amide bonds. The lowest BCUT2D eigenvalue weighted by molar-refractivity contribution is 0.0571. The summed E-state index contributed by atoms with van der Waals surface area (Å²) < 4.78 is 11.6. The van der Waals surface area contributed by atoms with Gasteiger partial charge in [0.1, 0.15) is 13.2 Å². The van der Waals surface area contributed by atoms with Crippen LogP contribution >= 0.6 is 0 Å². The number of fused-ring (bicyclic) bond motifs is 2. The van der Waals surface area contributed by atoms with Gasteiger partial charge in [-0.05, 0) is 29.7 Å². The third kappa shape index (κ3) is 2.63. The van der Waals surface area contributed by atoms with Crippen LogP contribution in [0, 0.1) is 0 Å². The van der Waals surface area contributed by atoms with E-state index in [0.29, 0.717) is 13.2 Å². The van der Waals surface area contributed by atoms with E-state index in [-0.39, 0.29) is 12.1 Å². The number of hydrogen-bond acceptors (Lipinski definition) is 5. The number of para-hydroxylation sites is 1. The Labute approximate surface area is 153 Å². The number of benzene rings is 2. The maximum atomic E-state index is 10.7. The lowest BCUT2D eigenvalue weighted by atomic mass is 10.1. The minimum absolute atomic E-state index is 0.193. The second-order valence-corrected chi connectivity index (χ2v) is 7.24. The van der Waals surface area contributed by atoms with Crippen molar-refractivity contribution in [1.82, 2.24) is 4.90 Å². The van der Waals surface area contributed by atoms with E-state index in [1.165, 1.54) is 5.56 Å². The smallest absolute Gasteiger partial charge is 0.184 e. The van der Waals surface area contributed by atoms with Crippen molar-refractivity contribution in [3.8, 4) is 11.5 Å². The fourth-order valence-electron chi connectivity index (χ4n) is 4.48. The summed E-state index contributed by atoms with van der Waals surface area (Å²) >= 11 is 0. The zero-order valence-corrected chi connectivity index (χ0v) is 14.8. The molecule has 1 N–H and O–H groups in total. The first-order chi connectivity index (χ1) is 12.8. The van der Waals surface area contributed by atoms with Crippen molar-refractivity contribution in [1.29, 1.82) is 0 Å². The Balaban J connectivity index is 1.29. The molecule has 0 radical (unpaired) electrons. The van der Waals surface area contributed by atoms with Crippen molar-refractivity contribution in [2.24, 2.45) is 0 Å². The largest absolute Gasteiger partial charge is 0.486 e. The van der Waals surface area contributed by atoms with Crippen LogP contribution in [0.3, 0.4) is 0 Å². The van der Waals surface area contributed by atoms with Gasteiger partial charge in [-0.1, -0.05) is 30.3 Å². The Morgan fingerprint density at radius 2 is 1.69 bits per heavy atom. The quantitative estimate of drug-likeness (QED) is 0.898. The predicted octanol–water partition coefficient (Wildman–Crippen LogP) is 2.24. The van der Waals surface area contributed by atoms with E-state index in [9.17, 15) is 5.11 Å². The van der Waals surface area contributed by atoms with Gasteiger partial charge < -0.3 is 19.5 Å². The molecular formula is C21H24N2O3. The van der Waals surface area contributed by atoms with Gasteiger partial charge in [-0.15, -0.1) is 0 Å². The van der Waals surface area contributed by atoms with Crippen molar-refractivity contribution in [2.45, 2.75) is 18.6 Å². The van der Waals surface area contributed by atoms with Crippen LogP contribution in [0.1, 0.15) is 17.2 Å². The lowest BCUT2D eigenvalue weighted by Gasteiger charge is -2.40. The van der Waals surface area contributed by atoms with E-state index in [4.69, 9.17) is 9.47 Å². The third-order valence-corrected chi connectivity index (χ3v) is 5.84. The molecule has 0 aromatic heterocycles. The fourth-order valence-corrected chi connectivity index (χ4v) is 4.48. The molecule has 5 nitrogen and oxygen atoms in total.